The summed E-state index contributed by atoms with van der Waals surface area (Å²) in [6, 6.07) is -0.499. The van der Waals surface area contributed by atoms with Gasteiger partial charge in [0.15, 0.2) is 0 Å². The third-order valence-electron chi connectivity index (χ3n) is 1.43. The van der Waals surface area contributed by atoms with Crippen LogP contribution in [0.25, 0.3) is 0 Å². The molecule has 0 spiro atoms. The number of hydrogen-bond acceptors (Lipinski definition) is 5. The molecule has 0 unspecified atom stereocenters. The molecule has 0 bridgehead atoms. The molecule has 65 valence electrons. The Kier molecular flexibility index (Phi) is 5.96. The number of nitrogens with two attached hydrogens (primary N) is 3. The van der Waals surface area contributed by atoms with Crippen molar-refractivity contribution < 1.29 is 4.79 Å². The molecule has 0 aliphatic carbocycles. The number of carbonyl (C=O) groups excluding carboxylic acids is 1. The van der Waals surface area contributed by atoms with Crippen molar-refractivity contribution in [2.45, 2.75) is 25.3 Å². The van der Waals surface area contributed by atoms with Gasteiger partial charge in [0, 0.05) is 0 Å². The van der Waals surface area contributed by atoms with Crippen LogP contribution >= 0.6 is 0 Å². The molecule has 0 aromatic rings. The van der Waals surface area contributed by atoms with Gasteiger partial charge < -0.3 is 5.73 Å². The fourth-order valence-electron chi connectivity index (χ4n) is 0.751. The second-order valence-corrected chi connectivity index (χ2v) is 2.37. The van der Waals surface area contributed by atoms with E-state index in [-0.39, 0.29) is 0 Å². The Hall–Kier alpha value is -0.490. The molecular weight excluding hydrogens is 144 g/mol. The van der Waals surface area contributed by atoms with E-state index in [4.69, 9.17) is 17.4 Å². The maximum absolute atomic E-state index is 10.2. The van der Waals surface area contributed by atoms with Gasteiger partial charge in [-0.25, -0.2) is 0 Å². The summed E-state index contributed by atoms with van der Waals surface area (Å²) in [7, 11) is 0. The Morgan fingerprint density at radius 2 is 2.00 bits per heavy atom. The van der Waals surface area contributed by atoms with Crippen LogP contribution in [0.15, 0.2) is 0 Å². The minimum Gasteiger partial charge on any atom is -0.330 e. The third kappa shape index (κ3) is 4.86. The van der Waals surface area contributed by atoms with Crippen LogP contribution in [0.1, 0.15) is 19.3 Å². The normalized spacial score (nSPS) is 13.5. The van der Waals surface area contributed by atoms with Crippen molar-refractivity contribution in [3.63, 3.8) is 0 Å². The minimum atomic E-state index is -0.499. The van der Waals surface area contributed by atoms with Gasteiger partial charge in [-0.3, -0.25) is 16.5 Å². The Morgan fingerprint density at radius 3 is 2.36 bits per heavy atom. The van der Waals surface area contributed by atoms with E-state index in [0.717, 1.165) is 18.0 Å². The Balaban J connectivity index is 3.44. The maximum atomic E-state index is 10.2. The molecule has 0 amide bonds. The summed E-state index contributed by atoms with van der Waals surface area (Å²) in [6.07, 6.45) is 4.09. The second-order valence-electron chi connectivity index (χ2n) is 2.37. The fraction of sp³-hybridized carbons (Fsp3) is 0.833. The van der Waals surface area contributed by atoms with Crippen LogP contribution in [0.5, 0.6) is 0 Å². The van der Waals surface area contributed by atoms with Crippen LogP contribution in [0.4, 0.5) is 0 Å². The standard InChI is InChI=1S/C6H15N4O/c7-4-2-1-3-6(5-11)10(8)9/h6H,1-4,7-9H2/t6-/m0/s1. The molecule has 0 aliphatic heterocycles. The predicted octanol–water partition coefficient (Wildman–Crippen LogP) is -1.36. The monoisotopic (exact) mass is 159 g/mol. The third-order valence-corrected chi connectivity index (χ3v) is 1.43. The fourth-order valence-corrected chi connectivity index (χ4v) is 0.751. The molecule has 0 saturated carbocycles. The molecule has 1 atom stereocenters. The average Bonchev–Trinajstić information content (AvgIpc) is 1.97. The molecule has 1 radical (unpaired) electrons. The van der Waals surface area contributed by atoms with Gasteiger partial charge in [0.05, 0.1) is 0 Å². The van der Waals surface area contributed by atoms with Gasteiger partial charge in [-0.2, -0.15) is 5.12 Å². The first-order chi connectivity index (χ1) is 5.22. The van der Waals surface area contributed by atoms with Gasteiger partial charge in [-0.05, 0) is 19.4 Å². The number of hydrogen-bond donors (Lipinski definition) is 3. The zero-order chi connectivity index (χ0) is 8.69. The van der Waals surface area contributed by atoms with Crippen molar-refractivity contribution in [1.82, 2.24) is 5.12 Å². The molecule has 5 heteroatoms. The highest BCUT2D eigenvalue weighted by atomic mass is 16.1. The van der Waals surface area contributed by atoms with Crippen LogP contribution < -0.4 is 17.4 Å². The molecular formula is C6H15N4O. The lowest BCUT2D eigenvalue weighted by atomic mass is 10.1. The van der Waals surface area contributed by atoms with Crippen LogP contribution in [0.2, 0.25) is 0 Å². The van der Waals surface area contributed by atoms with E-state index >= 15 is 0 Å². The molecule has 6 N–H and O–H groups in total. The van der Waals surface area contributed by atoms with Gasteiger partial charge >= 0.3 is 0 Å². The summed E-state index contributed by atoms with van der Waals surface area (Å²) >= 11 is 0. The van der Waals surface area contributed by atoms with Crippen LogP contribution in [-0.4, -0.2) is 24.0 Å². The van der Waals surface area contributed by atoms with Crippen molar-refractivity contribution >= 4 is 6.29 Å². The van der Waals surface area contributed by atoms with Gasteiger partial charge in [-0.15, -0.1) is 0 Å². The molecule has 0 saturated heterocycles. The van der Waals surface area contributed by atoms with Crippen molar-refractivity contribution in [2.24, 2.45) is 17.4 Å². The van der Waals surface area contributed by atoms with Gasteiger partial charge in [0.1, 0.15) is 6.04 Å². The van der Waals surface area contributed by atoms with Crippen molar-refractivity contribution in [3.05, 3.63) is 0 Å². The first kappa shape index (κ1) is 10.5. The van der Waals surface area contributed by atoms with Crippen molar-refractivity contribution in [3.8, 4) is 0 Å². The Morgan fingerprint density at radius 1 is 1.36 bits per heavy atom. The lowest BCUT2D eigenvalue weighted by Gasteiger charge is -2.15. The Bertz CT molecular complexity index is 107. The molecule has 0 fully saturated rings. The molecule has 11 heavy (non-hydrogen) atoms. The number of nitrogens with zero attached hydrogens (tertiary/aromatic N) is 1. The first-order valence-electron chi connectivity index (χ1n) is 3.58. The van der Waals surface area contributed by atoms with E-state index in [1.165, 1.54) is 0 Å². The highest BCUT2D eigenvalue weighted by Crippen LogP contribution is 1.99. The highest BCUT2D eigenvalue weighted by Gasteiger charge is 2.10. The first-order valence-corrected chi connectivity index (χ1v) is 3.58. The topological polar surface area (TPSA) is 98.4 Å². The molecule has 0 heterocycles. The highest BCUT2D eigenvalue weighted by molar-refractivity contribution is 5.58. The number of rotatable bonds is 6. The molecule has 0 rings (SSSR count). The lowest BCUT2D eigenvalue weighted by Crippen LogP contribution is -2.47. The predicted molar refractivity (Wildman–Crippen MR) is 42.6 cm³/mol. The van der Waals surface area contributed by atoms with Gasteiger partial charge in [0.2, 0.25) is 6.29 Å². The summed E-state index contributed by atoms with van der Waals surface area (Å²) in [5, 5.41) is 0.878. The van der Waals surface area contributed by atoms with Crippen molar-refractivity contribution in [1.29, 1.82) is 0 Å². The smallest absolute Gasteiger partial charge is 0.220 e. The largest absolute Gasteiger partial charge is 0.330 e. The SMILES string of the molecule is NCCCC[C@@H]([C]=O)N(N)N. The molecule has 5 nitrogen and oxygen atoms in total. The van der Waals surface area contributed by atoms with Crippen LogP contribution in [-0.2, 0) is 4.79 Å². The van der Waals surface area contributed by atoms with E-state index in [9.17, 15) is 4.79 Å². The van der Waals surface area contributed by atoms with E-state index in [1.54, 1.807) is 6.29 Å². The number of unbranched alkanes of at least 4 members (excludes halogenated alkanes) is 1. The summed E-state index contributed by atoms with van der Waals surface area (Å²) in [5.41, 5.74) is 5.26. The van der Waals surface area contributed by atoms with E-state index < -0.39 is 6.04 Å². The van der Waals surface area contributed by atoms with E-state index in [2.05, 4.69) is 0 Å². The quantitative estimate of drug-likeness (QED) is 0.253. The summed E-state index contributed by atoms with van der Waals surface area (Å²) < 4.78 is 0. The van der Waals surface area contributed by atoms with Crippen LogP contribution in [0.3, 0.4) is 0 Å². The maximum Gasteiger partial charge on any atom is 0.220 e. The zero-order valence-electron chi connectivity index (χ0n) is 6.49. The number of hydrazine groups is 2. The minimum absolute atomic E-state index is 0.499. The second kappa shape index (κ2) is 6.23. The van der Waals surface area contributed by atoms with E-state index in [0.29, 0.717) is 13.0 Å². The molecule has 0 aromatic carbocycles. The summed E-state index contributed by atoms with van der Waals surface area (Å²) in [6.45, 7) is 0.626. The summed E-state index contributed by atoms with van der Waals surface area (Å²) in [5.74, 6) is 10.3. The average molecular weight is 159 g/mol. The van der Waals surface area contributed by atoms with Crippen LogP contribution in [0, 0.1) is 0 Å². The van der Waals surface area contributed by atoms with Gasteiger partial charge in [-0.1, -0.05) is 6.42 Å². The molecule has 0 aromatic heterocycles. The van der Waals surface area contributed by atoms with E-state index in [1.807, 2.05) is 0 Å². The Labute approximate surface area is 66.4 Å². The lowest BCUT2D eigenvalue weighted by molar-refractivity contribution is 0.238. The summed E-state index contributed by atoms with van der Waals surface area (Å²) in [4.78, 5) is 10.2. The van der Waals surface area contributed by atoms with Crippen molar-refractivity contribution in [2.75, 3.05) is 6.54 Å². The zero-order valence-corrected chi connectivity index (χ0v) is 6.49. The molecule has 0 aliphatic rings. The van der Waals surface area contributed by atoms with Gasteiger partial charge in [0.25, 0.3) is 0 Å².